The number of aliphatic carboxylic acids is 1. The minimum atomic E-state index is -0.877. The number of pyridine rings is 1. The van der Waals surface area contributed by atoms with Gasteiger partial charge in [-0.25, -0.2) is 0 Å². The summed E-state index contributed by atoms with van der Waals surface area (Å²) in [5, 5.41) is 14.8. The molecule has 0 amide bonds. The van der Waals surface area contributed by atoms with Gasteiger partial charge < -0.3 is 15.4 Å². The molecule has 0 unspecified atom stereocenters. The number of benzene rings is 2. The lowest BCUT2D eigenvalue weighted by atomic mass is 10.1. The molecule has 0 atom stereocenters. The molecule has 2 heterocycles. The van der Waals surface area contributed by atoms with Gasteiger partial charge in [0.1, 0.15) is 0 Å². The van der Waals surface area contributed by atoms with E-state index in [1.807, 2.05) is 48.7 Å². The van der Waals surface area contributed by atoms with Crippen molar-refractivity contribution in [2.75, 3.05) is 11.9 Å². The number of hydrogen-bond donors (Lipinski definition) is 3. The van der Waals surface area contributed by atoms with Crippen molar-refractivity contribution in [2.24, 2.45) is 0 Å². The number of rotatable bonds is 6. The maximum atomic E-state index is 11.0. The molecule has 0 bridgehead atoms. The molecule has 0 spiro atoms. The molecular weight excluding hydrogens is 326 g/mol. The molecule has 4 aromatic rings. The summed E-state index contributed by atoms with van der Waals surface area (Å²) in [6.45, 7) is 0.752. The van der Waals surface area contributed by atoms with Gasteiger partial charge in [0.25, 0.3) is 0 Å². The highest BCUT2D eigenvalue weighted by Crippen LogP contribution is 2.24. The van der Waals surface area contributed by atoms with Gasteiger partial charge in [0.2, 0.25) is 0 Å². The van der Waals surface area contributed by atoms with Crippen molar-refractivity contribution in [2.45, 2.75) is 12.8 Å². The predicted molar refractivity (Wildman–Crippen MR) is 104 cm³/mol. The molecule has 3 N–H and O–H groups in total. The third-order valence-electron chi connectivity index (χ3n) is 4.49. The van der Waals surface area contributed by atoms with E-state index in [2.05, 4.69) is 27.4 Å². The van der Waals surface area contributed by atoms with Gasteiger partial charge in [-0.15, -0.1) is 0 Å². The maximum absolute atomic E-state index is 11.0. The molecule has 0 aliphatic rings. The van der Waals surface area contributed by atoms with E-state index in [4.69, 9.17) is 5.11 Å². The van der Waals surface area contributed by atoms with Gasteiger partial charge in [-0.1, -0.05) is 36.4 Å². The summed E-state index contributed by atoms with van der Waals surface area (Å²) < 4.78 is 0. The van der Waals surface area contributed by atoms with Gasteiger partial charge in [0, 0.05) is 34.7 Å². The number of anilines is 1. The molecule has 0 aliphatic carbocycles. The number of nitrogens with zero attached hydrogens (tertiary/aromatic N) is 1. The van der Waals surface area contributed by atoms with Crippen molar-refractivity contribution in [3.8, 4) is 0 Å². The fourth-order valence-corrected chi connectivity index (χ4v) is 3.29. The first-order chi connectivity index (χ1) is 12.7. The number of hydrogen-bond acceptors (Lipinski definition) is 3. The van der Waals surface area contributed by atoms with E-state index in [1.165, 1.54) is 10.9 Å². The topological polar surface area (TPSA) is 78.0 Å². The second kappa shape index (κ2) is 6.88. The van der Waals surface area contributed by atoms with Crippen LogP contribution in [0.1, 0.15) is 11.3 Å². The number of nitrogens with one attached hydrogen (secondary N) is 2. The number of carbonyl (C=O) groups is 1. The van der Waals surface area contributed by atoms with Crippen molar-refractivity contribution in [1.29, 1.82) is 0 Å². The minimum absolute atomic E-state index is 0.0814. The van der Waals surface area contributed by atoms with Crippen LogP contribution in [0.25, 0.3) is 21.8 Å². The average Bonchev–Trinajstić information content (AvgIpc) is 3.04. The Bertz CT molecular complexity index is 1080. The zero-order valence-electron chi connectivity index (χ0n) is 14.2. The molecule has 26 heavy (non-hydrogen) atoms. The average molecular weight is 345 g/mol. The number of aromatic nitrogens is 2. The van der Waals surface area contributed by atoms with Crippen LogP contribution in [0.2, 0.25) is 0 Å². The predicted octanol–water partition coefficient (Wildman–Crippen LogP) is 4.00. The van der Waals surface area contributed by atoms with E-state index >= 15 is 0 Å². The second-order valence-electron chi connectivity index (χ2n) is 6.29. The van der Waals surface area contributed by atoms with Gasteiger partial charge in [-0.2, -0.15) is 0 Å². The lowest BCUT2D eigenvalue weighted by Gasteiger charge is -2.11. The molecular formula is C21H19N3O2. The first-order valence-corrected chi connectivity index (χ1v) is 8.60. The highest BCUT2D eigenvalue weighted by molar-refractivity contribution is 5.92. The molecule has 0 saturated carbocycles. The van der Waals surface area contributed by atoms with Crippen LogP contribution in [0.3, 0.4) is 0 Å². The third-order valence-corrected chi connectivity index (χ3v) is 4.49. The first-order valence-electron chi connectivity index (χ1n) is 8.60. The molecule has 0 fully saturated rings. The van der Waals surface area contributed by atoms with E-state index < -0.39 is 5.97 Å². The van der Waals surface area contributed by atoms with E-state index in [0.717, 1.165) is 35.1 Å². The molecule has 4 rings (SSSR count). The molecule has 2 aromatic carbocycles. The molecule has 0 aliphatic heterocycles. The van der Waals surface area contributed by atoms with Crippen molar-refractivity contribution >= 4 is 33.5 Å². The summed E-state index contributed by atoms with van der Waals surface area (Å²) in [5.74, 6) is -0.877. The fraction of sp³-hybridized carbons (Fsp3) is 0.143. The van der Waals surface area contributed by atoms with Gasteiger partial charge in [0.15, 0.2) is 0 Å². The molecule has 5 heteroatoms. The fourth-order valence-electron chi connectivity index (χ4n) is 3.29. The van der Waals surface area contributed by atoms with Crippen LogP contribution in [0.4, 0.5) is 5.69 Å². The largest absolute Gasteiger partial charge is 0.481 e. The summed E-state index contributed by atoms with van der Waals surface area (Å²) in [6, 6.07) is 17.9. The van der Waals surface area contributed by atoms with Crippen molar-refractivity contribution in [1.82, 2.24) is 9.97 Å². The molecule has 0 radical (unpaired) electrons. The SMILES string of the molecule is O=C(O)Cc1cc(NCCc2c[nH]c3ccccc23)c2ccccc2n1. The Morgan fingerprint density at radius 3 is 2.69 bits per heavy atom. The standard InChI is InChI=1S/C21H19N3O2/c25-21(26)12-15-11-20(17-6-2-4-8-19(17)24-15)22-10-9-14-13-23-18-7-3-1-5-16(14)18/h1-8,11,13,23H,9-10,12H2,(H,22,24)(H,25,26). The van der Waals surface area contributed by atoms with Gasteiger partial charge in [-0.05, 0) is 30.2 Å². The van der Waals surface area contributed by atoms with Crippen LogP contribution >= 0.6 is 0 Å². The van der Waals surface area contributed by atoms with Crippen molar-refractivity contribution in [3.05, 3.63) is 72.1 Å². The molecule has 5 nitrogen and oxygen atoms in total. The first kappa shape index (κ1) is 16.1. The highest BCUT2D eigenvalue weighted by Gasteiger charge is 2.09. The zero-order chi connectivity index (χ0) is 17.9. The number of carboxylic acid groups (broad SMARTS) is 1. The summed E-state index contributed by atoms with van der Waals surface area (Å²) in [6.07, 6.45) is 2.84. The summed E-state index contributed by atoms with van der Waals surface area (Å²) in [4.78, 5) is 18.8. The zero-order valence-corrected chi connectivity index (χ0v) is 14.2. The monoisotopic (exact) mass is 345 g/mol. The lowest BCUT2D eigenvalue weighted by molar-refractivity contribution is -0.136. The van der Waals surface area contributed by atoms with Crippen LogP contribution in [-0.2, 0) is 17.6 Å². The van der Waals surface area contributed by atoms with Crippen LogP contribution in [0.5, 0.6) is 0 Å². The Labute approximate surface area is 150 Å². The van der Waals surface area contributed by atoms with E-state index in [-0.39, 0.29) is 6.42 Å². The van der Waals surface area contributed by atoms with E-state index in [9.17, 15) is 4.79 Å². The number of H-pyrrole nitrogens is 1. The van der Waals surface area contributed by atoms with Crippen LogP contribution in [0.15, 0.2) is 60.8 Å². The summed E-state index contributed by atoms with van der Waals surface area (Å²) >= 11 is 0. The Morgan fingerprint density at radius 1 is 1.08 bits per heavy atom. The summed E-state index contributed by atoms with van der Waals surface area (Å²) in [7, 11) is 0. The van der Waals surface area contributed by atoms with Crippen LogP contribution in [-0.4, -0.2) is 27.6 Å². The second-order valence-corrected chi connectivity index (χ2v) is 6.29. The highest BCUT2D eigenvalue weighted by atomic mass is 16.4. The number of fused-ring (bicyclic) bond motifs is 2. The Kier molecular flexibility index (Phi) is 4.27. The molecule has 2 aromatic heterocycles. The Hall–Kier alpha value is -3.34. The third kappa shape index (κ3) is 3.24. The lowest BCUT2D eigenvalue weighted by Crippen LogP contribution is -2.08. The quantitative estimate of drug-likeness (QED) is 0.494. The normalized spacial score (nSPS) is 11.1. The molecule has 130 valence electrons. The van der Waals surface area contributed by atoms with E-state index in [1.54, 1.807) is 0 Å². The summed E-state index contributed by atoms with van der Waals surface area (Å²) in [5.41, 5.74) is 4.69. The van der Waals surface area contributed by atoms with Crippen LogP contribution in [0, 0.1) is 0 Å². The van der Waals surface area contributed by atoms with Gasteiger partial charge >= 0.3 is 5.97 Å². The van der Waals surface area contributed by atoms with Crippen molar-refractivity contribution in [3.63, 3.8) is 0 Å². The Balaban J connectivity index is 1.57. The maximum Gasteiger partial charge on any atom is 0.309 e. The number of aromatic amines is 1. The smallest absolute Gasteiger partial charge is 0.309 e. The van der Waals surface area contributed by atoms with E-state index in [0.29, 0.717) is 5.69 Å². The van der Waals surface area contributed by atoms with Gasteiger partial charge in [0.05, 0.1) is 17.6 Å². The minimum Gasteiger partial charge on any atom is -0.481 e. The van der Waals surface area contributed by atoms with Crippen LogP contribution < -0.4 is 5.32 Å². The number of para-hydroxylation sites is 2. The van der Waals surface area contributed by atoms with Gasteiger partial charge in [-0.3, -0.25) is 9.78 Å². The molecule has 0 saturated heterocycles. The van der Waals surface area contributed by atoms with Crippen molar-refractivity contribution < 1.29 is 9.90 Å². The number of carboxylic acids is 1. The Morgan fingerprint density at radius 2 is 1.85 bits per heavy atom.